The number of amides is 1. The van der Waals surface area contributed by atoms with Crippen LogP contribution in [0.4, 0.5) is 13.2 Å². The maximum Gasteiger partial charge on any atom is 0.358 e. The van der Waals surface area contributed by atoms with Crippen molar-refractivity contribution in [2.24, 2.45) is 0 Å². The van der Waals surface area contributed by atoms with Gasteiger partial charge in [-0.05, 0) is 44.7 Å². The van der Waals surface area contributed by atoms with Crippen LogP contribution < -0.4 is 5.32 Å². The van der Waals surface area contributed by atoms with Crippen molar-refractivity contribution in [2.75, 3.05) is 13.7 Å². The number of hydrogen-bond donors (Lipinski definition) is 1. The van der Waals surface area contributed by atoms with E-state index < -0.39 is 29.5 Å². The third-order valence-corrected chi connectivity index (χ3v) is 7.00. The largest absolute Gasteiger partial charge is 0.464 e. The van der Waals surface area contributed by atoms with Gasteiger partial charge in [-0.15, -0.1) is 0 Å². The van der Waals surface area contributed by atoms with Crippen LogP contribution in [0.3, 0.4) is 0 Å². The molecular weight excluding hydrogens is 461 g/mol. The normalized spacial score (nSPS) is 20.1. The molecule has 7 nitrogen and oxygen atoms in total. The number of aromatic nitrogens is 2. The van der Waals surface area contributed by atoms with Gasteiger partial charge >= 0.3 is 5.97 Å². The second-order valence-corrected chi connectivity index (χ2v) is 9.53. The molecule has 1 fully saturated rings. The van der Waals surface area contributed by atoms with Gasteiger partial charge in [-0.25, -0.2) is 22.9 Å². The maximum absolute atomic E-state index is 14.4. The molecule has 1 amide bonds. The Morgan fingerprint density at radius 3 is 2.63 bits per heavy atom. The lowest BCUT2D eigenvalue weighted by Gasteiger charge is -2.31. The van der Waals surface area contributed by atoms with E-state index in [2.05, 4.69) is 10.3 Å². The average Bonchev–Trinajstić information content (AvgIpc) is 3.49. The molecule has 2 aliphatic rings. The summed E-state index contributed by atoms with van der Waals surface area (Å²) in [6.07, 6.45) is 2.55. The van der Waals surface area contributed by atoms with E-state index in [1.807, 2.05) is 25.3 Å². The van der Waals surface area contributed by atoms with Crippen molar-refractivity contribution < 1.29 is 27.5 Å². The molecule has 2 aliphatic heterocycles. The fourth-order valence-corrected chi connectivity index (χ4v) is 5.55. The summed E-state index contributed by atoms with van der Waals surface area (Å²) in [5.41, 5.74) is 0.932. The molecule has 0 spiro atoms. The second kappa shape index (κ2) is 10.0. The zero-order valence-corrected chi connectivity index (χ0v) is 20.4. The van der Waals surface area contributed by atoms with E-state index in [1.165, 1.54) is 7.11 Å². The minimum absolute atomic E-state index is 0.0162. The molecule has 10 heteroatoms. The van der Waals surface area contributed by atoms with E-state index in [1.54, 1.807) is 4.90 Å². The first kappa shape index (κ1) is 25.2. The van der Waals surface area contributed by atoms with E-state index in [4.69, 9.17) is 4.74 Å². The van der Waals surface area contributed by atoms with Gasteiger partial charge in [-0.3, -0.25) is 4.79 Å². The van der Waals surface area contributed by atoms with E-state index in [-0.39, 0.29) is 48.1 Å². The Bertz CT molecular complexity index is 1140. The van der Waals surface area contributed by atoms with Crippen LogP contribution in [0, 0.1) is 24.4 Å². The molecular formula is C25H31F3N4O3. The smallest absolute Gasteiger partial charge is 0.358 e. The number of carbonyl (C=O) groups is 2. The molecule has 4 unspecified atom stereocenters. The molecule has 2 aromatic rings. The fraction of sp³-hybridized carbons (Fsp3) is 0.560. The van der Waals surface area contributed by atoms with Crippen LogP contribution in [0.25, 0.3) is 0 Å². The number of methoxy groups -OCH3 is 1. The Morgan fingerprint density at radius 1 is 1.23 bits per heavy atom. The summed E-state index contributed by atoms with van der Waals surface area (Å²) < 4.78 is 48.5. The van der Waals surface area contributed by atoms with Gasteiger partial charge in [-0.2, -0.15) is 0 Å². The van der Waals surface area contributed by atoms with E-state index in [0.29, 0.717) is 30.6 Å². The molecule has 2 bridgehead atoms. The Kier molecular flexibility index (Phi) is 7.21. The number of rotatable bonds is 9. The molecule has 4 rings (SSSR count). The summed E-state index contributed by atoms with van der Waals surface area (Å²) in [6.45, 7) is 6.34. The number of nitrogens with one attached hydrogen (secondary N) is 1. The lowest BCUT2D eigenvalue weighted by atomic mass is 9.99. The summed E-state index contributed by atoms with van der Waals surface area (Å²) in [7, 11) is 1.30. The Hall–Kier alpha value is -2.88. The molecule has 1 aromatic heterocycles. The van der Waals surface area contributed by atoms with E-state index in [9.17, 15) is 22.8 Å². The summed E-state index contributed by atoms with van der Waals surface area (Å²) >= 11 is 0. The number of imidazole rings is 1. The number of ether oxygens (including phenoxy) is 1. The van der Waals surface area contributed by atoms with Crippen molar-refractivity contribution in [2.45, 2.75) is 77.0 Å². The van der Waals surface area contributed by atoms with E-state index >= 15 is 0 Å². The summed E-state index contributed by atoms with van der Waals surface area (Å²) in [5.74, 6) is -3.18. The van der Waals surface area contributed by atoms with Crippen molar-refractivity contribution in [1.29, 1.82) is 0 Å². The number of nitrogens with zero attached hydrogens (tertiary/aromatic N) is 3. The van der Waals surface area contributed by atoms with Crippen LogP contribution >= 0.6 is 0 Å². The van der Waals surface area contributed by atoms with Gasteiger partial charge in [0.1, 0.15) is 11.6 Å². The molecule has 3 heterocycles. The number of halogens is 3. The highest BCUT2D eigenvalue weighted by atomic mass is 19.2. The van der Waals surface area contributed by atoms with Crippen molar-refractivity contribution in [1.82, 2.24) is 19.8 Å². The zero-order chi connectivity index (χ0) is 25.4. The third kappa shape index (κ3) is 4.80. The number of aryl methyl sites for hydroxylation is 1. The molecule has 1 saturated heterocycles. The topological polar surface area (TPSA) is 76.5 Å². The minimum Gasteiger partial charge on any atom is -0.464 e. The van der Waals surface area contributed by atoms with Crippen molar-refractivity contribution in [3.05, 3.63) is 52.4 Å². The maximum atomic E-state index is 14.4. The van der Waals surface area contributed by atoms with Crippen molar-refractivity contribution in [3.63, 3.8) is 0 Å². The quantitative estimate of drug-likeness (QED) is 0.423. The van der Waals surface area contributed by atoms with Crippen LogP contribution in [-0.4, -0.2) is 52.1 Å². The van der Waals surface area contributed by atoms with Crippen LogP contribution in [0.5, 0.6) is 0 Å². The standard InChI is InChI=1S/C25H31F3N4O3/c1-5-6-13(2)29-16(7-15-8-19(27)20(28)11-18(15)26)9-22(33)31-12-17-10-21(31)24-23(25(34)35-4)30-14(3)32(17)24/h8,11,13,16-17,21,29H,5-7,9-10,12H2,1-4H3. The highest BCUT2D eigenvalue weighted by Gasteiger charge is 2.48. The zero-order valence-electron chi connectivity index (χ0n) is 20.4. The number of likely N-dealkylation sites (tertiary alicyclic amines) is 1. The van der Waals surface area contributed by atoms with Gasteiger partial charge in [0.15, 0.2) is 17.3 Å². The number of benzene rings is 1. The van der Waals surface area contributed by atoms with Crippen molar-refractivity contribution in [3.8, 4) is 0 Å². The Morgan fingerprint density at radius 2 is 1.94 bits per heavy atom. The summed E-state index contributed by atoms with van der Waals surface area (Å²) in [6, 6.07) is 0.702. The van der Waals surface area contributed by atoms with Gasteiger partial charge in [-0.1, -0.05) is 13.3 Å². The number of hydrogen-bond acceptors (Lipinski definition) is 5. The van der Waals surface area contributed by atoms with E-state index in [0.717, 1.165) is 18.9 Å². The third-order valence-electron chi connectivity index (χ3n) is 7.00. The Balaban J connectivity index is 1.55. The van der Waals surface area contributed by atoms with Crippen LogP contribution in [0.1, 0.15) is 79.2 Å². The van der Waals surface area contributed by atoms with Gasteiger partial charge in [0.2, 0.25) is 5.91 Å². The van der Waals surface area contributed by atoms with Crippen LogP contribution in [-0.2, 0) is 16.0 Å². The highest BCUT2D eigenvalue weighted by molar-refractivity contribution is 5.89. The van der Waals surface area contributed by atoms with Crippen LogP contribution in [0.15, 0.2) is 12.1 Å². The molecule has 1 N–H and O–H groups in total. The monoisotopic (exact) mass is 492 g/mol. The number of fused-ring (bicyclic) bond motifs is 5. The molecule has 0 radical (unpaired) electrons. The average molecular weight is 493 g/mol. The second-order valence-electron chi connectivity index (χ2n) is 9.53. The summed E-state index contributed by atoms with van der Waals surface area (Å²) in [4.78, 5) is 31.9. The molecule has 4 atom stereocenters. The van der Waals surface area contributed by atoms with Gasteiger partial charge in [0.05, 0.1) is 24.9 Å². The molecule has 0 aliphatic carbocycles. The minimum atomic E-state index is -1.24. The lowest BCUT2D eigenvalue weighted by Crippen LogP contribution is -2.44. The molecule has 0 saturated carbocycles. The number of carbonyl (C=O) groups excluding carboxylic acids is 2. The Labute approximate surface area is 202 Å². The summed E-state index contributed by atoms with van der Waals surface area (Å²) in [5, 5.41) is 3.37. The van der Waals surface area contributed by atoms with Crippen LogP contribution in [0.2, 0.25) is 0 Å². The first-order valence-electron chi connectivity index (χ1n) is 12.0. The molecule has 1 aromatic carbocycles. The molecule has 35 heavy (non-hydrogen) atoms. The first-order valence-corrected chi connectivity index (χ1v) is 12.0. The highest BCUT2D eigenvalue weighted by Crippen LogP contribution is 2.48. The fourth-order valence-electron chi connectivity index (χ4n) is 5.55. The lowest BCUT2D eigenvalue weighted by molar-refractivity contribution is -0.133. The van der Waals surface area contributed by atoms with Gasteiger partial charge < -0.3 is 19.5 Å². The van der Waals surface area contributed by atoms with Crippen molar-refractivity contribution >= 4 is 11.9 Å². The van der Waals surface area contributed by atoms with Gasteiger partial charge in [0.25, 0.3) is 0 Å². The number of esters is 1. The van der Waals surface area contributed by atoms with Gasteiger partial charge in [0, 0.05) is 31.1 Å². The SMILES string of the molecule is CCCC(C)NC(CC(=O)N1CC2CC1c1c(C(=O)OC)nc(C)n12)Cc1cc(F)c(F)cc1F. The predicted molar refractivity (Wildman–Crippen MR) is 122 cm³/mol. The predicted octanol–water partition coefficient (Wildman–Crippen LogP) is 4.00. The first-order chi connectivity index (χ1) is 16.6. The molecule has 190 valence electrons.